The van der Waals surface area contributed by atoms with Crippen molar-refractivity contribution < 1.29 is 9.90 Å². The number of carboxylic acids is 1. The van der Waals surface area contributed by atoms with Crippen LogP contribution in [-0.2, 0) is 6.42 Å². The second-order valence-electron chi connectivity index (χ2n) is 2.55. The SMILES string of the molecule is O=C(O)c1cc(Cl)ccc1CCBr. The minimum absolute atomic E-state index is 0.284. The number of alkyl halides is 1. The molecule has 0 heterocycles. The minimum Gasteiger partial charge on any atom is -0.478 e. The molecule has 0 amide bonds. The van der Waals surface area contributed by atoms with E-state index in [1.54, 1.807) is 12.1 Å². The van der Waals surface area contributed by atoms with Crippen molar-refractivity contribution >= 4 is 33.5 Å². The number of rotatable bonds is 3. The molecule has 1 N–H and O–H groups in total. The molecule has 1 rings (SSSR count). The maximum atomic E-state index is 10.8. The third-order valence-electron chi connectivity index (χ3n) is 1.67. The van der Waals surface area contributed by atoms with Gasteiger partial charge in [-0.3, -0.25) is 0 Å². The van der Waals surface area contributed by atoms with Crippen molar-refractivity contribution in [1.82, 2.24) is 0 Å². The fourth-order valence-electron chi connectivity index (χ4n) is 1.07. The molecule has 70 valence electrons. The van der Waals surface area contributed by atoms with Gasteiger partial charge in [0.25, 0.3) is 0 Å². The third kappa shape index (κ3) is 2.71. The van der Waals surface area contributed by atoms with Gasteiger partial charge in [0.15, 0.2) is 0 Å². The van der Waals surface area contributed by atoms with E-state index >= 15 is 0 Å². The molecule has 0 saturated carbocycles. The van der Waals surface area contributed by atoms with Crippen molar-refractivity contribution in [3.05, 3.63) is 34.3 Å². The Morgan fingerprint density at radius 3 is 2.77 bits per heavy atom. The van der Waals surface area contributed by atoms with E-state index in [-0.39, 0.29) is 5.56 Å². The number of hydrogen-bond acceptors (Lipinski definition) is 1. The highest BCUT2D eigenvalue weighted by Crippen LogP contribution is 2.17. The molecule has 0 aliphatic heterocycles. The summed E-state index contributed by atoms with van der Waals surface area (Å²) in [5.74, 6) is -0.932. The van der Waals surface area contributed by atoms with Gasteiger partial charge in [0, 0.05) is 10.4 Å². The van der Waals surface area contributed by atoms with Gasteiger partial charge in [-0.05, 0) is 24.1 Å². The summed E-state index contributed by atoms with van der Waals surface area (Å²) in [4.78, 5) is 10.8. The van der Waals surface area contributed by atoms with Crippen LogP contribution in [0, 0.1) is 0 Å². The molecule has 13 heavy (non-hydrogen) atoms. The normalized spacial score (nSPS) is 10.0. The van der Waals surface area contributed by atoms with Gasteiger partial charge in [-0.25, -0.2) is 4.79 Å². The predicted molar refractivity (Wildman–Crippen MR) is 55.9 cm³/mol. The van der Waals surface area contributed by atoms with Crippen LogP contribution in [0.1, 0.15) is 15.9 Å². The van der Waals surface area contributed by atoms with Crippen molar-refractivity contribution in [2.45, 2.75) is 6.42 Å². The molecule has 0 spiro atoms. The lowest BCUT2D eigenvalue weighted by atomic mass is 10.1. The second-order valence-corrected chi connectivity index (χ2v) is 3.78. The smallest absolute Gasteiger partial charge is 0.336 e. The fraction of sp³-hybridized carbons (Fsp3) is 0.222. The molecule has 0 saturated heterocycles. The first-order valence-corrected chi connectivity index (χ1v) is 5.22. The van der Waals surface area contributed by atoms with Gasteiger partial charge in [0.1, 0.15) is 0 Å². The average molecular weight is 264 g/mol. The summed E-state index contributed by atoms with van der Waals surface area (Å²) in [6, 6.07) is 4.92. The monoisotopic (exact) mass is 262 g/mol. The zero-order valence-electron chi connectivity index (χ0n) is 6.76. The molecular formula is C9H8BrClO2. The summed E-state index contributed by atoms with van der Waals surface area (Å²) in [5, 5.41) is 10.0. The molecule has 0 aliphatic rings. The molecule has 4 heteroatoms. The van der Waals surface area contributed by atoms with Crippen molar-refractivity contribution in [2.75, 3.05) is 5.33 Å². The molecular weight excluding hydrogens is 255 g/mol. The lowest BCUT2D eigenvalue weighted by molar-refractivity contribution is 0.0696. The van der Waals surface area contributed by atoms with E-state index in [4.69, 9.17) is 16.7 Å². The Labute approximate surface area is 89.7 Å². The van der Waals surface area contributed by atoms with Crippen LogP contribution in [0.4, 0.5) is 0 Å². The van der Waals surface area contributed by atoms with Crippen LogP contribution in [-0.4, -0.2) is 16.4 Å². The number of benzene rings is 1. The Bertz CT molecular complexity index is 325. The largest absolute Gasteiger partial charge is 0.478 e. The van der Waals surface area contributed by atoms with Gasteiger partial charge < -0.3 is 5.11 Å². The first kappa shape index (κ1) is 10.5. The van der Waals surface area contributed by atoms with E-state index in [2.05, 4.69) is 15.9 Å². The molecule has 0 aliphatic carbocycles. The van der Waals surface area contributed by atoms with E-state index < -0.39 is 5.97 Å². The minimum atomic E-state index is -0.932. The van der Waals surface area contributed by atoms with Crippen molar-refractivity contribution in [3.63, 3.8) is 0 Å². The first-order valence-electron chi connectivity index (χ1n) is 3.73. The van der Waals surface area contributed by atoms with Gasteiger partial charge in [-0.15, -0.1) is 0 Å². The number of carboxylic acid groups (broad SMARTS) is 1. The number of hydrogen-bond donors (Lipinski definition) is 1. The standard InChI is InChI=1S/C9H8BrClO2/c10-4-3-6-1-2-7(11)5-8(6)9(12)13/h1-2,5H,3-4H2,(H,12,13). The van der Waals surface area contributed by atoms with E-state index in [0.29, 0.717) is 11.4 Å². The number of carbonyl (C=O) groups is 1. The third-order valence-corrected chi connectivity index (χ3v) is 2.30. The molecule has 1 aromatic carbocycles. The highest BCUT2D eigenvalue weighted by molar-refractivity contribution is 9.09. The number of halogens is 2. The second kappa shape index (κ2) is 4.63. The molecule has 0 fully saturated rings. The van der Waals surface area contributed by atoms with Crippen LogP contribution in [0.15, 0.2) is 18.2 Å². The molecule has 0 radical (unpaired) electrons. The Morgan fingerprint density at radius 2 is 2.23 bits per heavy atom. The van der Waals surface area contributed by atoms with E-state index in [1.807, 2.05) is 0 Å². The topological polar surface area (TPSA) is 37.3 Å². The predicted octanol–water partition coefficient (Wildman–Crippen LogP) is 2.98. The Balaban J connectivity index is 3.10. The lowest BCUT2D eigenvalue weighted by Crippen LogP contribution is -2.02. The summed E-state index contributed by atoms with van der Waals surface area (Å²) in [7, 11) is 0. The summed E-state index contributed by atoms with van der Waals surface area (Å²) in [5.41, 5.74) is 1.08. The van der Waals surface area contributed by atoms with Crippen LogP contribution >= 0.6 is 27.5 Å². The summed E-state index contributed by atoms with van der Waals surface area (Å²) in [6.45, 7) is 0. The molecule has 0 bridgehead atoms. The molecule has 0 aromatic heterocycles. The van der Waals surface area contributed by atoms with Gasteiger partial charge in [0.05, 0.1) is 5.56 Å². The number of aromatic carboxylic acids is 1. The van der Waals surface area contributed by atoms with Crippen molar-refractivity contribution in [3.8, 4) is 0 Å². The van der Waals surface area contributed by atoms with Crippen LogP contribution in [0.25, 0.3) is 0 Å². The summed E-state index contributed by atoms with van der Waals surface area (Å²) >= 11 is 8.95. The average Bonchev–Trinajstić information content (AvgIpc) is 2.08. The van der Waals surface area contributed by atoms with Crippen LogP contribution < -0.4 is 0 Å². The summed E-state index contributed by atoms with van der Waals surface area (Å²) < 4.78 is 0. The van der Waals surface area contributed by atoms with E-state index in [0.717, 1.165) is 10.9 Å². The first-order chi connectivity index (χ1) is 6.15. The van der Waals surface area contributed by atoms with Crippen LogP contribution in [0.2, 0.25) is 5.02 Å². The van der Waals surface area contributed by atoms with Crippen LogP contribution in [0.3, 0.4) is 0 Å². The van der Waals surface area contributed by atoms with Gasteiger partial charge in [-0.1, -0.05) is 33.6 Å². The zero-order chi connectivity index (χ0) is 9.84. The van der Waals surface area contributed by atoms with Crippen molar-refractivity contribution in [1.29, 1.82) is 0 Å². The van der Waals surface area contributed by atoms with Crippen LogP contribution in [0.5, 0.6) is 0 Å². The number of aryl methyl sites for hydroxylation is 1. The highest BCUT2D eigenvalue weighted by atomic mass is 79.9. The molecule has 1 aromatic rings. The Kier molecular flexibility index (Phi) is 3.75. The maximum Gasteiger partial charge on any atom is 0.336 e. The van der Waals surface area contributed by atoms with E-state index in [1.165, 1.54) is 6.07 Å². The van der Waals surface area contributed by atoms with E-state index in [9.17, 15) is 4.79 Å². The van der Waals surface area contributed by atoms with Gasteiger partial charge >= 0.3 is 5.97 Å². The Hall–Kier alpha value is -0.540. The quantitative estimate of drug-likeness (QED) is 0.851. The molecule has 2 nitrogen and oxygen atoms in total. The van der Waals surface area contributed by atoms with Gasteiger partial charge in [0.2, 0.25) is 0 Å². The van der Waals surface area contributed by atoms with Crippen molar-refractivity contribution in [2.24, 2.45) is 0 Å². The Morgan fingerprint density at radius 1 is 1.54 bits per heavy atom. The molecule has 0 unspecified atom stereocenters. The summed E-state index contributed by atoms with van der Waals surface area (Å²) in [6.07, 6.45) is 0.693. The zero-order valence-corrected chi connectivity index (χ0v) is 9.10. The van der Waals surface area contributed by atoms with Gasteiger partial charge in [-0.2, -0.15) is 0 Å². The maximum absolute atomic E-state index is 10.8. The lowest BCUT2D eigenvalue weighted by Gasteiger charge is -2.03. The fourth-order valence-corrected chi connectivity index (χ4v) is 1.67. The highest BCUT2D eigenvalue weighted by Gasteiger charge is 2.09. The molecule has 0 atom stereocenters.